The summed E-state index contributed by atoms with van der Waals surface area (Å²) in [7, 11) is -1.86. The number of nitrogens with zero attached hydrogens (tertiary/aromatic N) is 3. The Labute approximate surface area is 105 Å². The van der Waals surface area contributed by atoms with Gasteiger partial charge in [0.15, 0.2) is 0 Å². The van der Waals surface area contributed by atoms with Crippen molar-refractivity contribution in [3.63, 3.8) is 0 Å². The van der Waals surface area contributed by atoms with Gasteiger partial charge in [-0.05, 0) is 5.92 Å². The predicted octanol–water partition coefficient (Wildman–Crippen LogP) is 1.07. The molecule has 0 saturated heterocycles. The zero-order valence-corrected chi connectivity index (χ0v) is 11.2. The second kappa shape index (κ2) is 4.45. The van der Waals surface area contributed by atoms with E-state index in [1.807, 2.05) is 13.8 Å². The van der Waals surface area contributed by atoms with Crippen LogP contribution in [0.15, 0.2) is 23.5 Å². The van der Waals surface area contributed by atoms with Crippen LogP contribution in [0.3, 0.4) is 0 Å². The molecule has 0 unspecified atom stereocenters. The van der Waals surface area contributed by atoms with Gasteiger partial charge in [-0.25, -0.2) is 8.42 Å². The normalized spacial score (nSPS) is 12.0. The van der Waals surface area contributed by atoms with E-state index < -0.39 is 10.0 Å². The number of nitrogens with one attached hydrogen (secondary N) is 2. The summed E-state index contributed by atoms with van der Waals surface area (Å²) in [5, 5.41) is 10.3. The molecule has 0 amide bonds. The summed E-state index contributed by atoms with van der Waals surface area (Å²) in [6, 6.07) is 0. The summed E-state index contributed by atoms with van der Waals surface area (Å²) in [6.45, 7) is 3.91. The Bertz CT molecular complexity index is 627. The summed E-state index contributed by atoms with van der Waals surface area (Å²) in [4.78, 5) is 0.0982. The van der Waals surface area contributed by atoms with Gasteiger partial charge in [-0.1, -0.05) is 13.8 Å². The molecule has 0 atom stereocenters. The number of aromatic nitrogens is 4. The van der Waals surface area contributed by atoms with Gasteiger partial charge >= 0.3 is 0 Å². The van der Waals surface area contributed by atoms with Crippen LogP contribution in [0.25, 0.3) is 0 Å². The van der Waals surface area contributed by atoms with Gasteiger partial charge in [0.25, 0.3) is 10.0 Å². The summed E-state index contributed by atoms with van der Waals surface area (Å²) < 4.78 is 28.2. The molecule has 18 heavy (non-hydrogen) atoms. The van der Waals surface area contributed by atoms with E-state index in [0.717, 1.165) is 0 Å². The monoisotopic (exact) mass is 269 g/mol. The van der Waals surface area contributed by atoms with Crippen molar-refractivity contribution in [2.24, 2.45) is 7.05 Å². The Morgan fingerprint density at radius 2 is 2.17 bits per heavy atom. The first-order chi connectivity index (χ1) is 8.40. The molecule has 2 aromatic rings. The molecule has 0 fully saturated rings. The standard InChI is InChI=1S/C10H15N5O2S/c1-7(2)10-9(6-15(3)13-10)14-18(16,17)8-4-11-12-5-8/h4-7,14H,1-3H3,(H,11,12). The topological polar surface area (TPSA) is 92.7 Å². The summed E-state index contributed by atoms with van der Waals surface area (Å²) in [5.74, 6) is 0.133. The van der Waals surface area contributed by atoms with Gasteiger partial charge in [0.1, 0.15) is 4.90 Å². The third kappa shape index (κ3) is 2.37. The first-order valence-corrected chi connectivity index (χ1v) is 6.93. The molecule has 0 aromatic carbocycles. The number of aryl methyl sites for hydroxylation is 1. The lowest BCUT2D eigenvalue weighted by molar-refractivity contribution is 0.601. The largest absolute Gasteiger partial charge is 0.284 e. The Balaban J connectivity index is 2.35. The number of hydrogen-bond donors (Lipinski definition) is 2. The molecule has 0 aliphatic carbocycles. The van der Waals surface area contributed by atoms with Crippen molar-refractivity contribution in [2.75, 3.05) is 4.72 Å². The molecule has 2 aromatic heterocycles. The van der Waals surface area contributed by atoms with Crippen molar-refractivity contribution < 1.29 is 8.42 Å². The smallest absolute Gasteiger partial charge is 0.265 e. The van der Waals surface area contributed by atoms with Crippen LogP contribution in [0.1, 0.15) is 25.5 Å². The highest BCUT2D eigenvalue weighted by Gasteiger charge is 2.20. The summed E-state index contributed by atoms with van der Waals surface area (Å²) >= 11 is 0. The van der Waals surface area contributed by atoms with Crippen LogP contribution in [-0.2, 0) is 17.1 Å². The van der Waals surface area contributed by atoms with Crippen LogP contribution >= 0.6 is 0 Å². The summed E-state index contributed by atoms with van der Waals surface area (Å²) in [5.41, 5.74) is 1.21. The number of H-pyrrole nitrogens is 1. The Kier molecular flexibility index (Phi) is 3.12. The first kappa shape index (κ1) is 12.6. The molecule has 2 heterocycles. The molecule has 2 rings (SSSR count). The molecule has 2 N–H and O–H groups in total. The van der Waals surface area contributed by atoms with E-state index in [9.17, 15) is 8.42 Å². The molecule has 8 heteroatoms. The molecule has 0 spiro atoms. The third-order valence-corrected chi connectivity index (χ3v) is 3.76. The second-order valence-corrected chi connectivity index (χ2v) is 5.98. The highest BCUT2D eigenvalue weighted by Crippen LogP contribution is 2.24. The van der Waals surface area contributed by atoms with Crippen LogP contribution in [0.4, 0.5) is 5.69 Å². The van der Waals surface area contributed by atoms with Gasteiger partial charge in [-0.3, -0.25) is 14.5 Å². The van der Waals surface area contributed by atoms with Crippen LogP contribution < -0.4 is 4.72 Å². The minimum Gasteiger partial charge on any atom is -0.284 e. The fourth-order valence-electron chi connectivity index (χ4n) is 1.60. The van der Waals surface area contributed by atoms with Crippen LogP contribution in [0.2, 0.25) is 0 Å². The molecule has 98 valence electrons. The van der Waals surface area contributed by atoms with Gasteiger partial charge in [-0.2, -0.15) is 10.2 Å². The van der Waals surface area contributed by atoms with Gasteiger partial charge in [0.2, 0.25) is 0 Å². The highest BCUT2D eigenvalue weighted by molar-refractivity contribution is 7.92. The van der Waals surface area contributed by atoms with Crippen LogP contribution in [0.5, 0.6) is 0 Å². The SMILES string of the molecule is CC(C)c1nn(C)cc1NS(=O)(=O)c1cn[nH]c1. The Morgan fingerprint density at radius 1 is 1.44 bits per heavy atom. The third-order valence-electron chi connectivity index (χ3n) is 2.43. The van der Waals surface area contributed by atoms with E-state index in [4.69, 9.17) is 0 Å². The van der Waals surface area contributed by atoms with Gasteiger partial charge in [0.05, 0.1) is 17.6 Å². The van der Waals surface area contributed by atoms with Crippen molar-refractivity contribution in [2.45, 2.75) is 24.7 Å². The maximum atomic E-state index is 12.0. The zero-order valence-electron chi connectivity index (χ0n) is 10.4. The maximum Gasteiger partial charge on any atom is 0.265 e. The van der Waals surface area contributed by atoms with Crippen LogP contribution in [-0.4, -0.2) is 28.4 Å². The lowest BCUT2D eigenvalue weighted by atomic mass is 10.1. The lowest BCUT2D eigenvalue weighted by Gasteiger charge is -2.07. The molecule has 0 aliphatic heterocycles. The number of rotatable bonds is 4. The quantitative estimate of drug-likeness (QED) is 0.868. The maximum absolute atomic E-state index is 12.0. The van der Waals surface area contributed by atoms with Crippen LogP contribution in [0, 0.1) is 0 Å². The number of aromatic amines is 1. The van der Waals surface area contributed by atoms with E-state index in [-0.39, 0.29) is 10.8 Å². The molecular weight excluding hydrogens is 254 g/mol. The van der Waals surface area contributed by atoms with Crippen molar-refractivity contribution in [3.8, 4) is 0 Å². The molecular formula is C10H15N5O2S. The summed E-state index contributed by atoms with van der Waals surface area (Å²) in [6.07, 6.45) is 4.23. The van der Waals surface area contributed by atoms with Crippen molar-refractivity contribution in [3.05, 3.63) is 24.3 Å². The van der Waals surface area contributed by atoms with E-state index in [2.05, 4.69) is 20.0 Å². The van der Waals surface area contributed by atoms with Crippen molar-refractivity contribution in [1.29, 1.82) is 0 Å². The molecule has 7 nitrogen and oxygen atoms in total. The van der Waals surface area contributed by atoms with E-state index >= 15 is 0 Å². The van der Waals surface area contributed by atoms with Crippen molar-refractivity contribution in [1.82, 2.24) is 20.0 Å². The van der Waals surface area contributed by atoms with E-state index in [0.29, 0.717) is 11.4 Å². The molecule has 0 saturated carbocycles. The van der Waals surface area contributed by atoms with E-state index in [1.165, 1.54) is 12.4 Å². The second-order valence-electron chi connectivity index (χ2n) is 4.30. The van der Waals surface area contributed by atoms with Gasteiger partial charge in [0, 0.05) is 19.4 Å². The lowest BCUT2D eigenvalue weighted by Crippen LogP contribution is -2.13. The molecule has 0 aliphatic rings. The molecule has 0 bridgehead atoms. The predicted molar refractivity (Wildman–Crippen MR) is 66.7 cm³/mol. The number of hydrogen-bond acceptors (Lipinski definition) is 4. The number of sulfonamides is 1. The minimum absolute atomic E-state index is 0.0982. The minimum atomic E-state index is -3.61. The fraction of sp³-hybridized carbons (Fsp3) is 0.400. The van der Waals surface area contributed by atoms with Gasteiger partial charge in [-0.15, -0.1) is 0 Å². The Hall–Kier alpha value is -1.83. The van der Waals surface area contributed by atoms with E-state index in [1.54, 1.807) is 17.9 Å². The highest BCUT2D eigenvalue weighted by atomic mass is 32.2. The van der Waals surface area contributed by atoms with Gasteiger partial charge < -0.3 is 0 Å². The molecule has 0 radical (unpaired) electrons. The first-order valence-electron chi connectivity index (χ1n) is 5.45. The fourth-order valence-corrected chi connectivity index (χ4v) is 2.56. The van der Waals surface area contributed by atoms with Crippen molar-refractivity contribution >= 4 is 15.7 Å². The Morgan fingerprint density at radius 3 is 2.72 bits per heavy atom. The number of anilines is 1. The average Bonchev–Trinajstić information content (AvgIpc) is 2.86. The zero-order chi connectivity index (χ0) is 13.3. The average molecular weight is 269 g/mol.